The van der Waals surface area contributed by atoms with Crippen LogP contribution in [0.3, 0.4) is 0 Å². The molecule has 18 heavy (non-hydrogen) atoms. The van der Waals surface area contributed by atoms with Gasteiger partial charge in [0.15, 0.2) is 5.58 Å². The third-order valence-corrected chi connectivity index (χ3v) is 2.64. The van der Waals surface area contributed by atoms with Crippen LogP contribution in [0, 0.1) is 5.82 Å². The van der Waals surface area contributed by atoms with Gasteiger partial charge in [0.05, 0.1) is 0 Å². The van der Waals surface area contributed by atoms with Gasteiger partial charge in [0.25, 0.3) is 0 Å². The molecule has 0 bridgehead atoms. The Bertz CT molecular complexity index is 716. The van der Waals surface area contributed by atoms with Gasteiger partial charge in [0.2, 0.25) is 5.89 Å². The summed E-state index contributed by atoms with van der Waals surface area (Å²) in [5.41, 5.74) is 2.44. The number of benzene rings is 2. The number of halogens is 1. The molecule has 0 aliphatic carbocycles. The zero-order valence-electron chi connectivity index (χ0n) is 9.26. The van der Waals surface area contributed by atoms with Gasteiger partial charge in [-0.05, 0) is 42.5 Å². The standard InChI is InChI=1S/C14H8FNO2/c15-11-4-2-10(3-5-11)14-16-12-7-9(8-17)1-6-13(12)18-14/h1-8H. The Hall–Kier alpha value is -2.49. The lowest BCUT2D eigenvalue weighted by atomic mass is 10.2. The van der Waals surface area contributed by atoms with Crippen LogP contribution >= 0.6 is 0 Å². The van der Waals surface area contributed by atoms with Crippen molar-refractivity contribution in [2.75, 3.05) is 0 Å². The van der Waals surface area contributed by atoms with Crippen LogP contribution in [-0.4, -0.2) is 11.3 Å². The summed E-state index contributed by atoms with van der Waals surface area (Å²) in [5, 5.41) is 0. The molecule has 0 radical (unpaired) electrons. The van der Waals surface area contributed by atoms with E-state index >= 15 is 0 Å². The number of nitrogens with zero attached hydrogens (tertiary/aromatic N) is 1. The molecule has 4 heteroatoms. The predicted octanol–water partition coefficient (Wildman–Crippen LogP) is 3.45. The number of rotatable bonds is 2. The van der Waals surface area contributed by atoms with Crippen molar-refractivity contribution in [2.24, 2.45) is 0 Å². The third kappa shape index (κ3) is 1.78. The van der Waals surface area contributed by atoms with E-state index in [1.807, 2.05) is 0 Å². The highest BCUT2D eigenvalue weighted by atomic mass is 19.1. The molecule has 3 rings (SSSR count). The molecule has 0 spiro atoms. The summed E-state index contributed by atoms with van der Waals surface area (Å²) >= 11 is 0. The lowest BCUT2D eigenvalue weighted by Gasteiger charge is -1.93. The topological polar surface area (TPSA) is 43.1 Å². The molecule has 0 N–H and O–H groups in total. The molecule has 1 aromatic heterocycles. The van der Waals surface area contributed by atoms with Gasteiger partial charge >= 0.3 is 0 Å². The Morgan fingerprint density at radius 1 is 1.11 bits per heavy atom. The van der Waals surface area contributed by atoms with Crippen LogP contribution in [0.1, 0.15) is 10.4 Å². The minimum atomic E-state index is -0.307. The van der Waals surface area contributed by atoms with Crippen molar-refractivity contribution in [1.82, 2.24) is 4.98 Å². The van der Waals surface area contributed by atoms with Crippen molar-refractivity contribution in [1.29, 1.82) is 0 Å². The van der Waals surface area contributed by atoms with Crippen LogP contribution in [0.25, 0.3) is 22.6 Å². The van der Waals surface area contributed by atoms with Crippen molar-refractivity contribution >= 4 is 17.4 Å². The first-order chi connectivity index (χ1) is 8.76. The first-order valence-electron chi connectivity index (χ1n) is 5.38. The summed E-state index contributed by atoms with van der Waals surface area (Å²) in [4.78, 5) is 14.9. The second-order valence-electron chi connectivity index (χ2n) is 3.87. The van der Waals surface area contributed by atoms with Gasteiger partial charge in [-0.3, -0.25) is 4.79 Å². The van der Waals surface area contributed by atoms with Crippen molar-refractivity contribution in [3.8, 4) is 11.5 Å². The highest BCUT2D eigenvalue weighted by Crippen LogP contribution is 2.24. The van der Waals surface area contributed by atoms with E-state index in [0.29, 0.717) is 28.1 Å². The lowest BCUT2D eigenvalue weighted by Crippen LogP contribution is -1.79. The molecule has 2 aromatic carbocycles. The van der Waals surface area contributed by atoms with Gasteiger partial charge in [-0.15, -0.1) is 0 Å². The zero-order valence-corrected chi connectivity index (χ0v) is 9.26. The van der Waals surface area contributed by atoms with E-state index in [1.54, 1.807) is 30.3 Å². The zero-order chi connectivity index (χ0) is 12.5. The van der Waals surface area contributed by atoms with E-state index in [-0.39, 0.29) is 5.82 Å². The summed E-state index contributed by atoms with van der Waals surface area (Å²) in [5.74, 6) is 0.103. The number of hydrogen-bond acceptors (Lipinski definition) is 3. The molecular weight excluding hydrogens is 233 g/mol. The molecular formula is C14H8FNO2. The summed E-state index contributed by atoms with van der Waals surface area (Å²) in [6, 6.07) is 10.9. The maximum atomic E-state index is 12.8. The van der Waals surface area contributed by atoms with Crippen molar-refractivity contribution in [3.05, 3.63) is 53.8 Å². The molecule has 88 valence electrons. The predicted molar refractivity (Wildman–Crippen MR) is 64.8 cm³/mol. The molecule has 0 atom stereocenters. The Balaban J connectivity index is 2.12. The van der Waals surface area contributed by atoms with E-state index in [4.69, 9.17) is 4.42 Å². The maximum Gasteiger partial charge on any atom is 0.227 e. The Morgan fingerprint density at radius 3 is 2.61 bits per heavy atom. The fourth-order valence-corrected chi connectivity index (χ4v) is 1.73. The second-order valence-corrected chi connectivity index (χ2v) is 3.87. The van der Waals surface area contributed by atoms with E-state index in [1.165, 1.54) is 12.1 Å². The number of aldehydes is 1. The van der Waals surface area contributed by atoms with E-state index in [0.717, 1.165) is 6.29 Å². The highest BCUT2D eigenvalue weighted by molar-refractivity contribution is 5.84. The number of carbonyl (C=O) groups is 1. The van der Waals surface area contributed by atoms with E-state index in [9.17, 15) is 9.18 Å². The van der Waals surface area contributed by atoms with Crippen molar-refractivity contribution in [3.63, 3.8) is 0 Å². The molecule has 0 saturated carbocycles. The first kappa shape index (κ1) is 10.7. The normalized spacial score (nSPS) is 10.7. The van der Waals surface area contributed by atoms with Crippen LogP contribution in [0.5, 0.6) is 0 Å². The minimum Gasteiger partial charge on any atom is -0.436 e. The Labute approximate surface area is 102 Å². The van der Waals surface area contributed by atoms with Gasteiger partial charge in [0, 0.05) is 11.1 Å². The van der Waals surface area contributed by atoms with Crippen molar-refractivity contribution < 1.29 is 13.6 Å². The average molecular weight is 241 g/mol. The molecule has 0 saturated heterocycles. The molecule has 0 aliphatic heterocycles. The molecule has 0 fully saturated rings. The Morgan fingerprint density at radius 2 is 1.89 bits per heavy atom. The van der Waals surface area contributed by atoms with Crippen LogP contribution in [-0.2, 0) is 0 Å². The van der Waals surface area contributed by atoms with Gasteiger partial charge in [0.1, 0.15) is 17.6 Å². The molecule has 0 aliphatic rings. The van der Waals surface area contributed by atoms with Crippen LogP contribution in [0.4, 0.5) is 4.39 Å². The number of carbonyl (C=O) groups excluding carboxylic acids is 1. The summed E-state index contributed by atoms with van der Waals surface area (Å²) in [7, 11) is 0. The summed E-state index contributed by atoms with van der Waals surface area (Å²) < 4.78 is 18.4. The smallest absolute Gasteiger partial charge is 0.227 e. The first-order valence-corrected chi connectivity index (χ1v) is 5.38. The fourth-order valence-electron chi connectivity index (χ4n) is 1.73. The number of oxazole rings is 1. The summed E-state index contributed by atoms with van der Waals surface area (Å²) in [6.07, 6.45) is 0.756. The fraction of sp³-hybridized carbons (Fsp3) is 0. The van der Waals surface area contributed by atoms with E-state index < -0.39 is 0 Å². The molecule has 0 amide bonds. The number of fused-ring (bicyclic) bond motifs is 1. The second kappa shape index (κ2) is 4.07. The Kier molecular flexibility index (Phi) is 2.41. The largest absolute Gasteiger partial charge is 0.436 e. The van der Waals surface area contributed by atoms with Crippen LogP contribution in [0.15, 0.2) is 46.9 Å². The van der Waals surface area contributed by atoms with Gasteiger partial charge in [-0.25, -0.2) is 9.37 Å². The SMILES string of the molecule is O=Cc1ccc2oc(-c3ccc(F)cc3)nc2c1. The van der Waals surface area contributed by atoms with Crippen molar-refractivity contribution in [2.45, 2.75) is 0 Å². The minimum absolute atomic E-state index is 0.307. The average Bonchev–Trinajstić information content (AvgIpc) is 2.82. The van der Waals surface area contributed by atoms with E-state index in [2.05, 4.69) is 4.98 Å². The number of aromatic nitrogens is 1. The lowest BCUT2D eigenvalue weighted by molar-refractivity contribution is 0.112. The van der Waals surface area contributed by atoms with Crippen LogP contribution < -0.4 is 0 Å². The van der Waals surface area contributed by atoms with Crippen LogP contribution in [0.2, 0.25) is 0 Å². The third-order valence-electron chi connectivity index (χ3n) is 2.64. The quantitative estimate of drug-likeness (QED) is 0.645. The van der Waals surface area contributed by atoms with Gasteiger partial charge in [-0.2, -0.15) is 0 Å². The molecule has 3 nitrogen and oxygen atoms in total. The highest BCUT2D eigenvalue weighted by Gasteiger charge is 2.08. The molecule has 1 heterocycles. The summed E-state index contributed by atoms with van der Waals surface area (Å²) in [6.45, 7) is 0. The maximum absolute atomic E-state index is 12.8. The number of hydrogen-bond donors (Lipinski definition) is 0. The molecule has 0 unspecified atom stereocenters. The van der Waals surface area contributed by atoms with Gasteiger partial charge in [-0.1, -0.05) is 0 Å². The van der Waals surface area contributed by atoms with Gasteiger partial charge < -0.3 is 4.42 Å². The molecule has 3 aromatic rings. The monoisotopic (exact) mass is 241 g/mol.